The summed E-state index contributed by atoms with van der Waals surface area (Å²) in [7, 11) is 0. The highest BCUT2D eigenvalue weighted by Crippen LogP contribution is 2.71. The number of rotatable bonds is 10. The molecule has 2 fully saturated rings. The summed E-state index contributed by atoms with van der Waals surface area (Å²) in [4.78, 5) is 12.3. The molecule has 0 aromatic heterocycles. The van der Waals surface area contributed by atoms with E-state index >= 15 is 0 Å². The lowest BCUT2D eigenvalue weighted by molar-refractivity contribution is -0.195. The summed E-state index contributed by atoms with van der Waals surface area (Å²) < 4.78 is 0. The second-order valence-electron chi connectivity index (χ2n) is 12.9. The molecule has 4 aliphatic carbocycles. The van der Waals surface area contributed by atoms with Crippen molar-refractivity contribution < 1.29 is 25.2 Å². The van der Waals surface area contributed by atoms with Gasteiger partial charge in [-0.3, -0.25) is 4.79 Å². The molecule has 4 aliphatic rings. The van der Waals surface area contributed by atoms with Gasteiger partial charge in [-0.15, -0.1) is 0 Å². The van der Waals surface area contributed by atoms with Crippen LogP contribution >= 0.6 is 0 Å². The van der Waals surface area contributed by atoms with Crippen LogP contribution in [0.1, 0.15) is 78.6 Å². The van der Waals surface area contributed by atoms with Crippen LogP contribution in [0.4, 0.5) is 0 Å². The normalized spacial score (nSPS) is 37.9. The van der Waals surface area contributed by atoms with E-state index in [1.165, 1.54) is 5.57 Å². The van der Waals surface area contributed by atoms with Crippen molar-refractivity contribution in [3.05, 3.63) is 70.9 Å². The second kappa shape index (κ2) is 11.8. The van der Waals surface area contributed by atoms with Gasteiger partial charge in [0.25, 0.3) is 0 Å². The first-order valence-electron chi connectivity index (χ1n) is 14.8. The summed E-state index contributed by atoms with van der Waals surface area (Å²) in [5.41, 5.74) is 2.53. The SMILES string of the molecule is C=C(/C=C/C=C(/CO)[C@@H]1CC[C@]2([C@@H]1O)[C@H]1C3=C(C=O)CCC[C@@]3(C=C[C@@H]1CCO)C[C@@]2(C)O)CCC=C(C)C. The van der Waals surface area contributed by atoms with Gasteiger partial charge in [0.15, 0.2) is 0 Å². The first-order valence-corrected chi connectivity index (χ1v) is 14.8. The van der Waals surface area contributed by atoms with E-state index < -0.39 is 17.1 Å². The van der Waals surface area contributed by atoms with Gasteiger partial charge in [0.1, 0.15) is 6.29 Å². The zero-order valence-electron chi connectivity index (χ0n) is 24.0. The largest absolute Gasteiger partial charge is 0.396 e. The van der Waals surface area contributed by atoms with E-state index in [9.17, 15) is 25.2 Å². The molecule has 0 amide bonds. The molecule has 4 N–H and O–H groups in total. The molecule has 0 radical (unpaired) electrons. The molecule has 39 heavy (non-hydrogen) atoms. The van der Waals surface area contributed by atoms with Crippen LogP contribution in [0.2, 0.25) is 0 Å². The van der Waals surface area contributed by atoms with Gasteiger partial charge in [-0.1, -0.05) is 54.2 Å². The Kier molecular flexibility index (Phi) is 9.07. The minimum Gasteiger partial charge on any atom is -0.396 e. The van der Waals surface area contributed by atoms with Crippen LogP contribution in [0.3, 0.4) is 0 Å². The Balaban J connectivity index is 1.70. The van der Waals surface area contributed by atoms with Crippen LogP contribution in [0.25, 0.3) is 0 Å². The van der Waals surface area contributed by atoms with Gasteiger partial charge in [-0.2, -0.15) is 0 Å². The van der Waals surface area contributed by atoms with Gasteiger partial charge >= 0.3 is 0 Å². The molecule has 5 nitrogen and oxygen atoms in total. The fraction of sp³-hybridized carbons (Fsp3) is 0.618. The fourth-order valence-corrected chi connectivity index (χ4v) is 8.63. The number of allylic oxidation sites excluding steroid dienone is 10. The van der Waals surface area contributed by atoms with Crippen LogP contribution in [-0.2, 0) is 4.79 Å². The van der Waals surface area contributed by atoms with Crippen LogP contribution in [0, 0.1) is 28.6 Å². The third-order valence-electron chi connectivity index (χ3n) is 10.3. The van der Waals surface area contributed by atoms with Crippen LogP contribution < -0.4 is 0 Å². The van der Waals surface area contributed by atoms with Crippen molar-refractivity contribution in [1.82, 2.24) is 0 Å². The molecule has 1 spiro atoms. The summed E-state index contributed by atoms with van der Waals surface area (Å²) in [6.45, 7) is 10.00. The molecule has 0 unspecified atom stereocenters. The van der Waals surface area contributed by atoms with Gasteiger partial charge < -0.3 is 20.4 Å². The molecule has 0 saturated heterocycles. The number of aliphatic hydroxyl groups is 4. The van der Waals surface area contributed by atoms with Crippen molar-refractivity contribution in [2.45, 2.75) is 90.3 Å². The van der Waals surface area contributed by atoms with E-state index in [0.717, 1.165) is 60.7 Å². The highest BCUT2D eigenvalue weighted by molar-refractivity contribution is 5.76. The third-order valence-corrected chi connectivity index (χ3v) is 10.3. The number of aliphatic hydroxyl groups excluding tert-OH is 3. The third kappa shape index (κ3) is 5.24. The van der Waals surface area contributed by atoms with E-state index in [-0.39, 0.29) is 36.4 Å². The second-order valence-corrected chi connectivity index (χ2v) is 12.9. The lowest BCUT2D eigenvalue weighted by Gasteiger charge is -2.65. The lowest BCUT2D eigenvalue weighted by atomic mass is 9.41. The van der Waals surface area contributed by atoms with Gasteiger partial charge in [-0.05, 0) is 107 Å². The van der Waals surface area contributed by atoms with Gasteiger partial charge in [0.2, 0.25) is 0 Å². The Bertz CT molecular complexity index is 1100. The topological polar surface area (TPSA) is 98.0 Å². The predicted octanol–water partition coefficient (Wildman–Crippen LogP) is 5.53. The number of carbonyl (C=O) groups excluding carboxylic acids is 1. The van der Waals surface area contributed by atoms with Gasteiger partial charge in [-0.25, -0.2) is 0 Å². The minimum atomic E-state index is -1.17. The summed E-state index contributed by atoms with van der Waals surface area (Å²) in [5, 5.41) is 44.7. The molecular formula is C34H48O5. The Morgan fingerprint density at radius 1 is 1.23 bits per heavy atom. The number of fused-ring (bicyclic) bond motifs is 1. The summed E-state index contributed by atoms with van der Waals surface area (Å²) in [5.74, 6) is -0.608. The molecule has 0 aromatic carbocycles. The maximum atomic E-state index is 12.3. The van der Waals surface area contributed by atoms with Crippen molar-refractivity contribution in [3.63, 3.8) is 0 Å². The van der Waals surface area contributed by atoms with E-state index in [4.69, 9.17) is 0 Å². The monoisotopic (exact) mass is 536 g/mol. The number of carbonyl (C=O) groups is 1. The molecule has 2 bridgehead atoms. The van der Waals surface area contributed by atoms with E-state index in [1.54, 1.807) is 0 Å². The van der Waals surface area contributed by atoms with Crippen LogP contribution in [-0.4, -0.2) is 51.6 Å². The van der Waals surface area contributed by atoms with Crippen molar-refractivity contribution in [2.75, 3.05) is 13.2 Å². The highest BCUT2D eigenvalue weighted by Gasteiger charge is 2.70. The predicted molar refractivity (Wildman–Crippen MR) is 156 cm³/mol. The fourth-order valence-electron chi connectivity index (χ4n) is 8.63. The standard InChI is InChI=1S/C34H48O5/c1-23(2)8-5-9-24(3)10-6-11-26(20-36)28-14-18-34(31(28)38)30-25(15-19-35)13-17-33(22-32(34,4)39)16-7-12-27(21-37)29(30)33/h6,8,10-11,13,17,21,25,28,30-31,35-36,38-39H,3,5,7,9,12,14-16,18-20,22H2,1-2,4H3/b10-6+,26-11-/t25-,28+,30-,31-,32-,33-,34-/m1/s1. The number of aldehydes is 1. The smallest absolute Gasteiger partial charge is 0.146 e. The maximum absolute atomic E-state index is 12.3. The van der Waals surface area contributed by atoms with E-state index in [0.29, 0.717) is 25.7 Å². The van der Waals surface area contributed by atoms with Crippen molar-refractivity contribution >= 4 is 6.29 Å². The Labute approximate surface area is 234 Å². The van der Waals surface area contributed by atoms with Gasteiger partial charge in [0.05, 0.1) is 18.3 Å². The number of hydrogen-bond acceptors (Lipinski definition) is 5. The molecule has 4 rings (SSSR count). The zero-order valence-corrected chi connectivity index (χ0v) is 24.0. The zero-order chi connectivity index (χ0) is 28.4. The first-order chi connectivity index (χ1) is 18.6. The molecule has 7 atom stereocenters. The summed E-state index contributed by atoms with van der Waals surface area (Å²) >= 11 is 0. The Morgan fingerprint density at radius 3 is 2.67 bits per heavy atom. The molecule has 5 heteroatoms. The average molecular weight is 537 g/mol. The summed E-state index contributed by atoms with van der Waals surface area (Å²) in [6.07, 6.45) is 18.9. The van der Waals surface area contributed by atoms with Crippen molar-refractivity contribution in [3.8, 4) is 0 Å². The molecular weight excluding hydrogens is 488 g/mol. The Hall–Kier alpha value is -2.05. The molecule has 214 valence electrons. The van der Waals surface area contributed by atoms with E-state index in [2.05, 4.69) is 38.7 Å². The lowest BCUT2D eigenvalue weighted by Crippen LogP contribution is -2.66. The molecule has 0 aliphatic heterocycles. The van der Waals surface area contributed by atoms with Crippen molar-refractivity contribution in [2.24, 2.45) is 28.6 Å². The van der Waals surface area contributed by atoms with Gasteiger partial charge in [0, 0.05) is 23.4 Å². The molecule has 0 heterocycles. The van der Waals surface area contributed by atoms with Crippen molar-refractivity contribution in [1.29, 1.82) is 0 Å². The Morgan fingerprint density at radius 2 is 2.00 bits per heavy atom. The van der Waals surface area contributed by atoms with Crippen LogP contribution in [0.5, 0.6) is 0 Å². The quantitative estimate of drug-likeness (QED) is 0.167. The maximum Gasteiger partial charge on any atom is 0.146 e. The highest BCUT2D eigenvalue weighted by atomic mass is 16.3. The first kappa shape index (κ1) is 29.9. The molecule has 2 saturated carbocycles. The average Bonchev–Trinajstić information content (AvgIpc) is 3.23. The van der Waals surface area contributed by atoms with E-state index in [1.807, 2.05) is 25.2 Å². The molecule has 0 aromatic rings. The summed E-state index contributed by atoms with van der Waals surface area (Å²) in [6, 6.07) is 0. The van der Waals surface area contributed by atoms with Crippen LogP contribution in [0.15, 0.2) is 70.9 Å². The minimum absolute atomic E-state index is 0.00401. The number of hydrogen-bond donors (Lipinski definition) is 4.